The fraction of sp³-hybridized carbons (Fsp3) is 0.143. The highest BCUT2D eigenvalue weighted by Gasteiger charge is 2.14. The van der Waals surface area contributed by atoms with Gasteiger partial charge in [-0.1, -0.05) is 71.1 Å². The van der Waals surface area contributed by atoms with Crippen molar-refractivity contribution in [2.45, 2.75) is 18.6 Å². The smallest absolute Gasteiger partial charge is 0.271 e. The molecule has 2 heterocycles. The van der Waals surface area contributed by atoms with E-state index in [-0.39, 0.29) is 17.2 Å². The lowest BCUT2D eigenvalue weighted by Crippen LogP contribution is -2.24. The first-order valence-corrected chi connectivity index (χ1v) is 11.4. The fourth-order valence-electron chi connectivity index (χ4n) is 2.86. The van der Waals surface area contributed by atoms with Crippen molar-refractivity contribution in [2.75, 3.05) is 5.75 Å². The van der Waals surface area contributed by atoms with E-state index in [9.17, 15) is 9.59 Å². The second-order valence-corrected chi connectivity index (χ2v) is 9.22. The molecule has 4 rings (SSSR count). The molecular weight excluding hydrogens is 436 g/mol. The van der Waals surface area contributed by atoms with Crippen LogP contribution in [0.4, 0.5) is 0 Å². The predicted octanol–water partition coefficient (Wildman–Crippen LogP) is 4.22. The molecular formula is C21H18N4O2S3. The van der Waals surface area contributed by atoms with Gasteiger partial charge in [0.2, 0.25) is 5.91 Å². The van der Waals surface area contributed by atoms with Crippen molar-refractivity contribution in [2.24, 2.45) is 0 Å². The van der Waals surface area contributed by atoms with E-state index in [1.807, 2.05) is 61.5 Å². The van der Waals surface area contributed by atoms with Crippen LogP contribution in [0.5, 0.6) is 0 Å². The summed E-state index contributed by atoms with van der Waals surface area (Å²) in [7, 11) is 0. The topological polar surface area (TPSA) is 79.8 Å². The van der Waals surface area contributed by atoms with Gasteiger partial charge in [0.25, 0.3) is 5.56 Å². The molecule has 0 spiro atoms. The highest BCUT2D eigenvalue weighted by molar-refractivity contribution is 7.99. The number of thioether (sulfide) groups is 1. The zero-order chi connectivity index (χ0) is 21.1. The highest BCUT2D eigenvalue weighted by Crippen LogP contribution is 2.24. The molecule has 2 N–H and O–H groups in total. The predicted molar refractivity (Wildman–Crippen MR) is 124 cm³/mol. The molecule has 0 unspecified atom stereocenters. The maximum absolute atomic E-state index is 12.5. The van der Waals surface area contributed by atoms with Crippen molar-refractivity contribution in [3.05, 3.63) is 80.0 Å². The number of aromatic nitrogens is 3. The molecule has 0 saturated carbocycles. The van der Waals surface area contributed by atoms with Gasteiger partial charge in [-0.05, 0) is 36.8 Å². The van der Waals surface area contributed by atoms with E-state index >= 15 is 0 Å². The number of hydrogen-bond donors (Lipinski definition) is 2. The van der Waals surface area contributed by atoms with Crippen LogP contribution in [0.3, 0.4) is 0 Å². The lowest BCUT2D eigenvalue weighted by molar-refractivity contribution is -0.118. The van der Waals surface area contributed by atoms with Crippen LogP contribution >= 0.6 is 35.3 Å². The first-order valence-electron chi connectivity index (χ1n) is 9.17. The third-order valence-corrected chi connectivity index (χ3v) is 6.62. The van der Waals surface area contributed by atoms with E-state index in [2.05, 4.69) is 15.3 Å². The van der Waals surface area contributed by atoms with E-state index in [0.29, 0.717) is 26.0 Å². The minimum atomic E-state index is -0.256. The van der Waals surface area contributed by atoms with Crippen LogP contribution in [0, 0.1) is 10.9 Å². The number of aryl methyl sites for hydroxylation is 1. The van der Waals surface area contributed by atoms with Gasteiger partial charge in [-0.2, -0.15) is 0 Å². The standard InChI is InChI=1S/C21H18N4O2S3/c1-13-7-9-14(10-8-13)11-22-16(26)12-29-20-23-18-17(19(27)24-20)30-21(28)25(18)15-5-3-2-4-6-15/h2-10H,11-12H2,1H3,(H,22,26)(H,23,24,27). The van der Waals surface area contributed by atoms with E-state index in [4.69, 9.17) is 12.2 Å². The summed E-state index contributed by atoms with van der Waals surface area (Å²) in [4.78, 5) is 32.1. The van der Waals surface area contributed by atoms with Gasteiger partial charge in [-0.25, -0.2) is 4.98 Å². The van der Waals surface area contributed by atoms with Crippen LogP contribution < -0.4 is 10.9 Å². The molecule has 0 aliphatic carbocycles. The van der Waals surface area contributed by atoms with Crippen molar-refractivity contribution >= 4 is 51.6 Å². The molecule has 0 fully saturated rings. The van der Waals surface area contributed by atoms with Gasteiger partial charge in [0.15, 0.2) is 14.8 Å². The van der Waals surface area contributed by atoms with Gasteiger partial charge >= 0.3 is 0 Å². The van der Waals surface area contributed by atoms with Crippen molar-refractivity contribution in [3.63, 3.8) is 0 Å². The number of carbonyl (C=O) groups is 1. The minimum Gasteiger partial charge on any atom is -0.351 e. The SMILES string of the molecule is Cc1ccc(CNC(=O)CSc2nc3c(sc(=S)n3-c3ccccc3)c(=O)[nH]2)cc1. The summed E-state index contributed by atoms with van der Waals surface area (Å²) >= 11 is 7.86. The van der Waals surface area contributed by atoms with Crippen molar-refractivity contribution in [1.82, 2.24) is 19.9 Å². The van der Waals surface area contributed by atoms with Crippen LogP contribution in [0.15, 0.2) is 64.5 Å². The molecule has 4 aromatic rings. The lowest BCUT2D eigenvalue weighted by Gasteiger charge is -2.07. The molecule has 0 saturated heterocycles. The number of fused-ring (bicyclic) bond motifs is 1. The number of aromatic amines is 1. The second-order valence-electron chi connectivity index (χ2n) is 6.61. The van der Waals surface area contributed by atoms with Gasteiger partial charge in [-0.3, -0.25) is 14.2 Å². The molecule has 0 atom stereocenters. The summed E-state index contributed by atoms with van der Waals surface area (Å²) in [5.41, 5.74) is 3.30. The molecule has 0 aliphatic heterocycles. The number of thiazole rings is 1. The lowest BCUT2D eigenvalue weighted by atomic mass is 10.1. The number of nitrogens with one attached hydrogen (secondary N) is 2. The number of para-hydroxylation sites is 1. The van der Waals surface area contributed by atoms with Crippen LogP contribution in [0.25, 0.3) is 16.0 Å². The van der Waals surface area contributed by atoms with E-state index in [1.165, 1.54) is 28.7 Å². The Bertz CT molecular complexity index is 1310. The number of nitrogens with zero attached hydrogens (tertiary/aromatic N) is 2. The zero-order valence-corrected chi connectivity index (χ0v) is 18.5. The largest absolute Gasteiger partial charge is 0.351 e. The maximum Gasteiger partial charge on any atom is 0.271 e. The summed E-state index contributed by atoms with van der Waals surface area (Å²) in [6, 6.07) is 17.5. The van der Waals surface area contributed by atoms with Gasteiger partial charge in [0, 0.05) is 12.2 Å². The molecule has 2 aromatic heterocycles. The molecule has 152 valence electrons. The fourth-order valence-corrected chi connectivity index (χ4v) is 4.82. The van der Waals surface area contributed by atoms with E-state index in [0.717, 1.165) is 11.3 Å². The summed E-state index contributed by atoms with van der Waals surface area (Å²) in [6.07, 6.45) is 0. The van der Waals surface area contributed by atoms with Gasteiger partial charge in [0.05, 0.1) is 5.75 Å². The van der Waals surface area contributed by atoms with Gasteiger partial charge < -0.3 is 10.3 Å². The minimum absolute atomic E-state index is 0.131. The monoisotopic (exact) mass is 454 g/mol. The molecule has 0 radical (unpaired) electrons. The number of rotatable bonds is 6. The van der Waals surface area contributed by atoms with Crippen LogP contribution in [-0.4, -0.2) is 26.2 Å². The molecule has 6 nitrogen and oxygen atoms in total. The first-order chi connectivity index (χ1) is 14.5. The number of benzene rings is 2. The van der Waals surface area contributed by atoms with Crippen LogP contribution in [-0.2, 0) is 11.3 Å². The Morgan fingerprint density at radius 2 is 1.93 bits per heavy atom. The Hall–Kier alpha value is -2.75. The Morgan fingerprint density at radius 3 is 2.67 bits per heavy atom. The van der Waals surface area contributed by atoms with Crippen LogP contribution in [0.1, 0.15) is 11.1 Å². The second kappa shape index (κ2) is 8.95. The Balaban J connectivity index is 1.50. The first kappa shape index (κ1) is 20.5. The third kappa shape index (κ3) is 4.53. The Morgan fingerprint density at radius 1 is 1.20 bits per heavy atom. The molecule has 1 amide bonds. The summed E-state index contributed by atoms with van der Waals surface area (Å²) in [6.45, 7) is 2.48. The highest BCUT2D eigenvalue weighted by atomic mass is 32.2. The normalized spacial score (nSPS) is 11.0. The average Bonchev–Trinajstić information content (AvgIpc) is 3.09. The van der Waals surface area contributed by atoms with Gasteiger partial charge in [0.1, 0.15) is 4.70 Å². The quantitative estimate of drug-likeness (QED) is 0.259. The molecule has 0 bridgehead atoms. The summed E-state index contributed by atoms with van der Waals surface area (Å²) in [5.74, 6) is 0.0183. The van der Waals surface area contributed by atoms with Gasteiger partial charge in [-0.15, -0.1) is 0 Å². The number of amides is 1. The summed E-state index contributed by atoms with van der Waals surface area (Å²) < 4.78 is 2.80. The van der Waals surface area contributed by atoms with Crippen molar-refractivity contribution < 1.29 is 4.79 Å². The number of carbonyl (C=O) groups excluding carboxylic acids is 1. The molecule has 30 heavy (non-hydrogen) atoms. The molecule has 2 aromatic carbocycles. The third-order valence-electron chi connectivity index (χ3n) is 4.39. The van der Waals surface area contributed by atoms with E-state index in [1.54, 1.807) is 4.57 Å². The van der Waals surface area contributed by atoms with Crippen molar-refractivity contribution in [1.29, 1.82) is 0 Å². The maximum atomic E-state index is 12.5. The molecule has 0 aliphatic rings. The molecule has 9 heteroatoms. The van der Waals surface area contributed by atoms with E-state index < -0.39 is 0 Å². The van der Waals surface area contributed by atoms with Crippen molar-refractivity contribution in [3.8, 4) is 5.69 Å². The Labute approximate surface area is 186 Å². The average molecular weight is 455 g/mol. The number of H-pyrrole nitrogens is 1. The Kier molecular flexibility index (Phi) is 6.12. The summed E-state index contributed by atoms with van der Waals surface area (Å²) in [5, 5.41) is 3.27. The van der Waals surface area contributed by atoms with Crippen LogP contribution in [0.2, 0.25) is 0 Å². The number of hydrogen-bond acceptors (Lipinski definition) is 6. The zero-order valence-electron chi connectivity index (χ0n) is 16.0.